The molecule has 5 nitrogen and oxygen atoms in total. The van der Waals surface area contributed by atoms with Crippen LogP contribution in [0.25, 0.3) is 20.5 Å². The van der Waals surface area contributed by atoms with E-state index in [-0.39, 0.29) is 5.78 Å². The Morgan fingerprint density at radius 1 is 0.791 bits per heavy atom. The van der Waals surface area contributed by atoms with E-state index in [9.17, 15) is 9.59 Å². The molecule has 1 aromatic heterocycles. The van der Waals surface area contributed by atoms with E-state index in [1.807, 2.05) is 60.7 Å². The van der Waals surface area contributed by atoms with Crippen LogP contribution < -0.4 is 9.47 Å². The van der Waals surface area contributed by atoms with Crippen molar-refractivity contribution in [3.63, 3.8) is 0 Å². The zero-order valence-electron chi connectivity index (χ0n) is 24.4. The van der Waals surface area contributed by atoms with Gasteiger partial charge in [0, 0.05) is 32.6 Å². The van der Waals surface area contributed by atoms with Crippen LogP contribution in [0.1, 0.15) is 58.0 Å². The normalized spacial score (nSPS) is 13.6. The Balaban J connectivity index is 1.28. The van der Waals surface area contributed by atoms with E-state index in [0.29, 0.717) is 29.0 Å². The Morgan fingerprint density at radius 3 is 2.33 bits per heavy atom. The number of thiophene rings is 1. The van der Waals surface area contributed by atoms with Gasteiger partial charge in [-0.3, -0.25) is 9.69 Å². The molecule has 6 rings (SSSR count). The SMILES string of the molecule is CCc1cccc(-c2sc3cc(OC(=O)c4ccccc4)ccc3c2C(=O)c2ccc(OCCN3CCCCC3)cc2)c1. The molecule has 0 radical (unpaired) electrons. The number of carbonyl (C=O) groups is 2. The molecule has 0 bridgehead atoms. The average molecular weight is 590 g/mol. The maximum Gasteiger partial charge on any atom is 0.343 e. The van der Waals surface area contributed by atoms with Crippen molar-refractivity contribution in [3.8, 4) is 21.9 Å². The number of rotatable bonds is 10. The number of aryl methyl sites for hydroxylation is 1. The van der Waals surface area contributed by atoms with Crippen molar-refractivity contribution in [3.05, 3.63) is 119 Å². The van der Waals surface area contributed by atoms with Crippen LogP contribution in [0, 0.1) is 0 Å². The van der Waals surface area contributed by atoms with Gasteiger partial charge in [-0.25, -0.2) is 4.79 Å². The van der Waals surface area contributed by atoms with E-state index in [0.717, 1.165) is 52.3 Å². The number of fused-ring (bicyclic) bond motifs is 1. The smallest absolute Gasteiger partial charge is 0.343 e. The monoisotopic (exact) mass is 589 g/mol. The van der Waals surface area contributed by atoms with Crippen molar-refractivity contribution in [2.24, 2.45) is 0 Å². The molecule has 0 amide bonds. The van der Waals surface area contributed by atoms with Crippen LogP contribution in [0.4, 0.5) is 0 Å². The molecule has 1 fully saturated rings. The highest BCUT2D eigenvalue weighted by atomic mass is 32.1. The number of hydrogen-bond acceptors (Lipinski definition) is 6. The topological polar surface area (TPSA) is 55.8 Å². The second-order valence-corrected chi connectivity index (χ2v) is 11.9. The molecule has 0 spiro atoms. The van der Waals surface area contributed by atoms with E-state index in [1.165, 1.54) is 24.8 Å². The lowest BCUT2D eigenvalue weighted by atomic mass is 9.96. The van der Waals surface area contributed by atoms with Crippen molar-refractivity contribution < 1.29 is 19.1 Å². The molecular formula is C37H35NO4S. The molecule has 218 valence electrons. The quantitative estimate of drug-likeness (QED) is 0.0930. The van der Waals surface area contributed by atoms with E-state index in [1.54, 1.807) is 29.5 Å². The van der Waals surface area contributed by atoms with Gasteiger partial charge in [-0.15, -0.1) is 11.3 Å². The number of nitrogens with zero attached hydrogens (tertiary/aromatic N) is 1. The first-order valence-electron chi connectivity index (χ1n) is 15.0. The highest BCUT2D eigenvalue weighted by molar-refractivity contribution is 7.22. The Kier molecular flexibility index (Phi) is 8.96. The van der Waals surface area contributed by atoms with Gasteiger partial charge in [0.1, 0.15) is 18.1 Å². The molecule has 0 N–H and O–H groups in total. The second-order valence-electron chi connectivity index (χ2n) is 10.9. The summed E-state index contributed by atoms with van der Waals surface area (Å²) in [6.07, 6.45) is 4.75. The van der Waals surface area contributed by atoms with Crippen LogP contribution in [0.5, 0.6) is 11.5 Å². The third kappa shape index (κ3) is 6.71. The first-order valence-corrected chi connectivity index (χ1v) is 15.8. The molecule has 0 aliphatic carbocycles. The van der Waals surface area contributed by atoms with Crippen LogP contribution in [-0.2, 0) is 6.42 Å². The minimum absolute atomic E-state index is 0.0444. The van der Waals surface area contributed by atoms with Gasteiger partial charge in [0.25, 0.3) is 0 Å². The molecule has 0 unspecified atom stereocenters. The molecule has 5 aromatic rings. The number of carbonyl (C=O) groups excluding carboxylic acids is 2. The lowest BCUT2D eigenvalue weighted by molar-refractivity contribution is 0.0734. The van der Waals surface area contributed by atoms with Crippen LogP contribution in [-0.4, -0.2) is 42.9 Å². The lowest BCUT2D eigenvalue weighted by Gasteiger charge is -2.26. The Bertz CT molecular complexity index is 1720. The molecule has 1 aliphatic heterocycles. The maximum absolute atomic E-state index is 14.1. The summed E-state index contributed by atoms with van der Waals surface area (Å²) in [6.45, 7) is 5.97. The van der Waals surface area contributed by atoms with Crippen LogP contribution >= 0.6 is 11.3 Å². The molecule has 0 saturated carbocycles. The standard InChI is InChI=1S/C37H35NO4S/c1-2-26-10-9-13-29(24-26)36-34(32-19-18-31(25-33(32)43-36)42-37(40)28-11-5-3-6-12-28)35(39)27-14-16-30(17-15-27)41-23-22-38-20-7-4-8-21-38/h3,5-6,9-19,24-25H,2,4,7-8,20-23H2,1H3. The van der Waals surface area contributed by atoms with Gasteiger partial charge < -0.3 is 9.47 Å². The number of benzene rings is 4. The maximum atomic E-state index is 14.1. The van der Waals surface area contributed by atoms with Crippen LogP contribution in [0.3, 0.4) is 0 Å². The summed E-state index contributed by atoms with van der Waals surface area (Å²) in [5.74, 6) is 0.755. The van der Waals surface area contributed by atoms with E-state index < -0.39 is 5.97 Å². The molecule has 43 heavy (non-hydrogen) atoms. The summed E-state index contributed by atoms with van der Waals surface area (Å²) in [6, 6.07) is 30.2. The lowest BCUT2D eigenvalue weighted by Crippen LogP contribution is -2.33. The molecule has 0 atom stereocenters. The van der Waals surface area contributed by atoms with E-state index in [4.69, 9.17) is 9.47 Å². The van der Waals surface area contributed by atoms with Crippen molar-refractivity contribution >= 4 is 33.2 Å². The molecule has 4 aromatic carbocycles. The average Bonchev–Trinajstić information content (AvgIpc) is 3.44. The third-order valence-electron chi connectivity index (χ3n) is 7.95. The van der Waals surface area contributed by atoms with Gasteiger partial charge in [0.2, 0.25) is 0 Å². The Hall–Kier alpha value is -4.26. The van der Waals surface area contributed by atoms with E-state index in [2.05, 4.69) is 30.0 Å². The van der Waals surface area contributed by atoms with Gasteiger partial charge in [0.05, 0.1) is 5.56 Å². The number of ketones is 1. The van der Waals surface area contributed by atoms with Crippen LogP contribution in [0.15, 0.2) is 97.1 Å². The predicted molar refractivity (Wildman–Crippen MR) is 174 cm³/mol. The van der Waals surface area contributed by atoms with Crippen molar-refractivity contribution in [2.45, 2.75) is 32.6 Å². The minimum Gasteiger partial charge on any atom is -0.492 e. The first kappa shape index (κ1) is 28.8. The summed E-state index contributed by atoms with van der Waals surface area (Å²) in [5, 5.41) is 0.841. The fourth-order valence-electron chi connectivity index (χ4n) is 5.56. The summed E-state index contributed by atoms with van der Waals surface area (Å²) in [5.41, 5.74) is 3.96. The number of piperidine rings is 1. The van der Waals surface area contributed by atoms with Gasteiger partial charge >= 0.3 is 5.97 Å². The second kappa shape index (κ2) is 13.4. The highest BCUT2D eigenvalue weighted by Gasteiger charge is 2.23. The number of ether oxygens (including phenoxy) is 2. The van der Waals surface area contributed by atoms with Gasteiger partial charge in [-0.05, 0) is 98.1 Å². The molecular weight excluding hydrogens is 554 g/mol. The number of esters is 1. The Labute approximate surface area is 256 Å². The zero-order valence-corrected chi connectivity index (χ0v) is 25.2. The Morgan fingerprint density at radius 2 is 1.56 bits per heavy atom. The molecule has 2 heterocycles. The largest absolute Gasteiger partial charge is 0.492 e. The fourth-order valence-corrected chi connectivity index (χ4v) is 6.79. The van der Waals surface area contributed by atoms with Crippen molar-refractivity contribution in [1.29, 1.82) is 0 Å². The minimum atomic E-state index is -0.415. The fraction of sp³-hybridized carbons (Fsp3) is 0.243. The summed E-state index contributed by atoms with van der Waals surface area (Å²) in [7, 11) is 0. The predicted octanol–water partition coefficient (Wildman–Crippen LogP) is 8.45. The van der Waals surface area contributed by atoms with Gasteiger partial charge in [-0.1, -0.05) is 55.8 Å². The van der Waals surface area contributed by atoms with Crippen LogP contribution in [0.2, 0.25) is 0 Å². The molecule has 1 saturated heterocycles. The third-order valence-corrected chi connectivity index (χ3v) is 9.15. The summed E-state index contributed by atoms with van der Waals surface area (Å²) in [4.78, 5) is 30.2. The number of likely N-dealkylation sites (tertiary alicyclic amines) is 1. The van der Waals surface area contributed by atoms with E-state index >= 15 is 0 Å². The van der Waals surface area contributed by atoms with Crippen molar-refractivity contribution in [2.75, 3.05) is 26.2 Å². The molecule has 6 heteroatoms. The highest BCUT2D eigenvalue weighted by Crippen LogP contribution is 2.41. The number of hydrogen-bond donors (Lipinski definition) is 0. The zero-order chi connectivity index (χ0) is 29.6. The summed E-state index contributed by atoms with van der Waals surface area (Å²) < 4.78 is 12.6. The molecule has 1 aliphatic rings. The van der Waals surface area contributed by atoms with Gasteiger partial charge in [0.15, 0.2) is 5.78 Å². The summed E-state index contributed by atoms with van der Waals surface area (Å²) >= 11 is 1.54. The van der Waals surface area contributed by atoms with Crippen molar-refractivity contribution in [1.82, 2.24) is 4.90 Å². The van der Waals surface area contributed by atoms with Gasteiger partial charge in [-0.2, -0.15) is 0 Å². The first-order chi connectivity index (χ1) is 21.1.